The van der Waals surface area contributed by atoms with Gasteiger partial charge < -0.3 is 35.4 Å². The monoisotopic (exact) mass is 467 g/mol. The highest BCUT2D eigenvalue weighted by atomic mass is 16.6. The van der Waals surface area contributed by atoms with Gasteiger partial charge in [0.1, 0.15) is 36.1 Å². The predicted octanol–water partition coefficient (Wildman–Crippen LogP) is 0.653. The molecule has 1 amide bonds. The number of nitrogens with one attached hydrogen (secondary N) is 1. The van der Waals surface area contributed by atoms with Crippen LogP contribution < -0.4 is 10.2 Å². The van der Waals surface area contributed by atoms with Gasteiger partial charge in [-0.2, -0.15) is 5.26 Å². The minimum Gasteiger partial charge on any atom is -0.388 e. The number of hydrogen-bond acceptors (Lipinski definition) is 8. The summed E-state index contributed by atoms with van der Waals surface area (Å²) in [6.07, 6.45) is -2.47. The molecule has 1 unspecified atom stereocenters. The maximum absolute atomic E-state index is 12.5. The Hall–Kier alpha value is -3.00. The highest BCUT2D eigenvalue weighted by Gasteiger charge is 2.42. The summed E-state index contributed by atoms with van der Waals surface area (Å²) in [7, 11) is 0. The SMILES string of the molecule is N#C/C(=C\c1ccc2cc(N3CCCCC3)ccc2c1)C(=O)NC[C@H]1OC(O)[C@@H](O)[C@@H](O)[C@@H]1O. The molecule has 2 aliphatic heterocycles. The van der Waals surface area contributed by atoms with Crippen molar-refractivity contribution in [2.24, 2.45) is 0 Å². The molecule has 5 N–H and O–H groups in total. The van der Waals surface area contributed by atoms with Gasteiger partial charge in [0.25, 0.3) is 5.91 Å². The largest absolute Gasteiger partial charge is 0.388 e. The van der Waals surface area contributed by atoms with Crippen molar-refractivity contribution < 1.29 is 30.0 Å². The van der Waals surface area contributed by atoms with E-state index < -0.39 is 36.6 Å². The van der Waals surface area contributed by atoms with E-state index in [9.17, 15) is 30.5 Å². The molecule has 0 bridgehead atoms. The summed E-state index contributed by atoms with van der Waals surface area (Å²) in [5.41, 5.74) is 1.74. The molecule has 2 heterocycles. The number of anilines is 1. The molecule has 9 heteroatoms. The number of carbonyl (C=O) groups excluding carboxylic acids is 1. The number of aliphatic hydroxyl groups excluding tert-OH is 4. The van der Waals surface area contributed by atoms with Crippen LogP contribution in [-0.4, -0.2) is 76.7 Å². The van der Waals surface area contributed by atoms with Crippen molar-refractivity contribution in [1.82, 2.24) is 5.32 Å². The van der Waals surface area contributed by atoms with Crippen molar-refractivity contribution in [2.45, 2.75) is 50.0 Å². The van der Waals surface area contributed by atoms with Crippen LogP contribution in [0.15, 0.2) is 42.0 Å². The Morgan fingerprint density at radius 2 is 1.74 bits per heavy atom. The minimum atomic E-state index is -1.70. The molecule has 2 aliphatic rings. The van der Waals surface area contributed by atoms with Gasteiger partial charge in [0, 0.05) is 25.3 Å². The highest BCUT2D eigenvalue weighted by Crippen LogP contribution is 2.26. The summed E-state index contributed by atoms with van der Waals surface area (Å²) in [5.74, 6) is -0.686. The van der Waals surface area contributed by atoms with E-state index in [1.54, 1.807) is 0 Å². The van der Waals surface area contributed by atoms with Crippen molar-refractivity contribution >= 4 is 28.4 Å². The molecule has 5 atom stereocenters. The Kier molecular flexibility index (Phi) is 7.46. The number of carbonyl (C=O) groups is 1. The molecule has 2 aromatic carbocycles. The fourth-order valence-corrected chi connectivity index (χ4v) is 4.39. The zero-order chi connectivity index (χ0) is 24.2. The maximum atomic E-state index is 12.5. The Labute approximate surface area is 197 Å². The Morgan fingerprint density at radius 3 is 2.47 bits per heavy atom. The fraction of sp³-hybridized carbons (Fsp3) is 0.440. The quantitative estimate of drug-likeness (QED) is 0.318. The number of hydrogen-bond donors (Lipinski definition) is 5. The summed E-state index contributed by atoms with van der Waals surface area (Å²) in [6.45, 7) is 1.86. The van der Waals surface area contributed by atoms with Crippen LogP contribution in [0.5, 0.6) is 0 Å². The first-order valence-electron chi connectivity index (χ1n) is 11.4. The first-order chi connectivity index (χ1) is 16.4. The molecule has 0 aromatic heterocycles. The summed E-state index contributed by atoms with van der Waals surface area (Å²) in [6, 6.07) is 13.9. The molecule has 0 radical (unpaired) electrons. The number of ether oxygens (including phenoxy) is 1. The minimum absolute atomic E-state index is 0.143. The van der Waals surface area contributed by atoms with Gasteiger partial charge in [0.2, 0.25) is 0 Å². The molecule has 2 fully saturated rings. The van der Waals surface area contributed by atoms with Crippen LogP contribution in [0.4, 0.5) is 5.69 Å². The number of fused-ring (bicyclic) bond motifs is 1. The van der Waals surface area contributed by atoms with E-state index in [1.165, 1.54) is 31.0 Å². The molecule has 180 valence electrons. The summed E-state index contributed by atoms with van der Waals surface area (Å²) < 4.78 is 5.04. The van der Waals surface area contributed by atoms with E-state index in [2.05, 4.69) is 22.3 Å². The van der Waals surface area contributed by atoms with E-state index in [1.807, 2.05) is 30.3 Å². The zero-order valence-corrected chi connectivity index (χ0v) is 18.7. The lowest BCUT2D eigenvalue weighted by atomic mass is 9.99. The standard InChI is InChI=1S/C25H29N3O6/c26-13-18(24(32)27-14-20-21(29)22(30)23(31)25(33)34-20)11-15-4-5-17-12-19(7-6-16(17)10-15)28-8-2-1-3-9-28/h4-7,10-12,20-23,25,29-31,33H,1-3,8-9,14H2,(H,27,32)/b18-11+/t20-,21-,22+,23+,25?/m1/s1. The van der Waals surface area contributed by atoms with Gasteiger partial charge in [-0.3, -0.25) is 4.79 Å². The molecule has 9 nitrogen and oxygen atoms in total. The second kappa shape index (κ2) is 10.5. The smallest absolute Gasteiger partial charge is 0.262 e. The number of benzene rings is 2. The second-order valence-corrected chi connectivity index (χ2v) is 8.76. The number of piperidine rings is 1. The number of amides is 1. The number of nitriles is 1. The van der Waals surface area contributed by atoms with E-state index in [0.717, 1.165) is 23.9 Å². The van der Waals surface area contributed by atoms with Crippen LogP contribution >= 0.6 is 0 Å². The summed E-state index contributed by atoms with van der Waals surface area (Å²) in [4.78, 5) is 14.9. The van der Waals surface area contributed by atoms with E-state index >= 15 is 0 Å². The van der Waals surface area contributed by atoms with Gasteiger partial charge >= 0.3 is 0 Å². The normalized spacial score (nSPS) is 27.9. The Morgan fingerprint density at radius 1 is 1.03 bits per heavy atom. The van der Waals surface area contributed by atoms with Crippen molar-refractivity contribution in [2.75, 3.05) is 24.5 Å². The van der Waals surface area contributed by atoms with Crippen molar-refractivity contribution in [3.8, 4) is 6.07 Å². The molecule has 34 heavy (non-hydrogen) atoms. The van der Waals surface area contributed by atoms with Gasteiger partial charge in [-0.15, -0.1) is 0 Å². The fourth-order valence-electron chi connectivity index (χ4n) is 4.39. The Balaban J connectivity index is 1.44. The van der Waals surface area contributed by atoms with Crippen LogP contribution in [0.2, 0.25) is 0 Å². The lowest BCUT2D eigenvalue weighted by Crippen LogP contribution is -2.60. The van der Waals surface area contributed by atoms with Crippen LogP contribution in [0, 0.1) is 11.3 Å². The molecule has 0 saturated carbocycles. The second-order valence-electron chi connectivity index (χ2n) is 8.76. The lowest BCUT2D eigenvalue weighted by molar-refractivity contribution is -0.280. The average Bonchev–Trinajstić information content (AvgIpc) is 2.87. The van der Waals surface area contributed by atoms with Crippen LogP contribution in [-0.2, 0) is 9.53 Å². The topological polar surface area (TPSA) is 146 Å². The van der Waals surface area contributed by atoms with Gasteiger partial charge in [-0.25, -0.2) is 0 Å². The van der Waals surface area contributed by atoms with E-state index in [0.29, 0.717) is 5.56 Å². The third-order valence-electron chi connectivity index (χ3n) is 6.40. The van der Waals surface area contributed by atoms with Gasteiger partial charge in [0.15, 0.2) is 6.29 Å². The van der Waals surface area contributed by atoms with Gasteiger partial charge in [0.05, 0.1) is 0 Å². The molecular weight excluding hydrogens is 438 g/mol. The molecule has 2 aromatic rings. The van der Waals surface area contributed by atoms with Crippen molar-refractivity contribution in [3.63, 3.8) is 0 Å². The first kappa shape index (κ1) is 24.1. The number of aliphatic hydroxyl groups is 4. The number of nitrogens with zero attached hydrogens (tertiary/aromatic N) is 2. The third kappa shape index (κ3) is 5.22. The van der Waals surface area contributed by atoms with Gasteiger partial charge in [-0.05, 0) is 59.9 Å². The van der Waals surface area contributed by atoms with Crippen molar-refractivity contribution in [1.29, 1.82) is 5.26 Å². The van der Waals surface area contributed by atoms with Crippen LogP contribution in [0.25, 0.3) is 16.8 Å². The molecule has 0 spiro atoms. The predicted molar refractivity (Wildman–Crippen MR) is 126 cm³/mol. The Bertz CT molecular complexity index is 1110. The molecule has 4 rings (SSSR count). The summed E-state index contributed by atoms with van der Waals surface area (Å²) in [5, 5.41) is 52.9. The van der Waals surface area contributed by atoms with Crippen LogP contribution in [0.1, 0.15) is 24.8 Å². The maximum Gasteiger partial charge on any atom is 0.262 e. The highest BCUT2D eigenvalue weighted by molar-refractivity contribution is 6.02. The van der Waals surface area contributed by atoms with E-state index in [-0.39, 0.29) is 12.1 Å². The van der Waals surface area contributed by atoms with Crippen LogP contribution in [0.3, 0.4) is 0 Å². The van der Waals surface area contributed by atoms with Gasteiger partial charge in [-0.1, -0.05) is 18.2 Å². The third-order valence-corrected chi connectivity index (χ3v) is 6.40. The lowest BCUT2D eigenvalue weighted by Gasteiger charge is -2.38. The zero-order valence-electron chi connectivity index (χ0n) is 18.7. The molecule has 2 saturated heterocycles. The average molecular weight is 468 g/mol. The van der Waals surface area contributed by atoms with E-state index in [4.69, 9.17) is 4.74 Å². The molecular formula is C25H29N3O6. The number of rotatable bonds is 5. The van der Waals surface area contributed by atoms with Crippen molar-refractivity contribution in [3.05, 3.63) is 47.5 Å². The first-order valence-corrected chi connectivity index (χ1v) is 11.4. The summed E-state index contributed by atoms with van der Waals surface area (Å²) >= 11 is 0. The molecule has 0 aliphatic carbocycles.